The molecule has 2 aliphatic rings. The summed E-state index contributed by atoms with van der Waals surface area (Å²) in [6.07, 6.45) is 0.825. The van der Waals surface area contributed by atoms with Crippen molar-refractivity contribution in [2.75, 3.05) is 13.2 Å². The Morgan fingerprint density at radius 2 is 1.35 bits per heavy atom. The van der Waals surface area contributed by atoms with E-state index in [-0.39, 0.29) is 5.57 Å². The molecule has 0 amide bonds. The first kappa shape index (κ1) is 30.8. The molecule has 0 saturated heterocycles. The van der Waals surface area contributed by atoms with Crippen molar-refractivity contribution in [3.63, 3.8) is 0 Å². The minimum Gasteiger partial charge on any atom is -0.484 e. The summed E-state index contributed by atoms with van der Waals surface area (Å²) in [6.45, 7) is 2.78. The van der Waals surface area contributed by atoms with E-state index in [2.05, 4.69) is 77.4 Å². The van der Waals surface area contributed by atoms with Gasteiger partial charge in [-0.3, -0.25) is 4.57 Å². The zero-order valence-electron chi connectivity index (χ0n) is 27.1. The van der Waals surface area contributed by atoms with Gasteiger partial charge in [0.25, 0.3) is 0 Å². The van der Waals surface area contributed by atoms with Crippen molar-refractivity contribution in [3.05, 3.63) is 94.4 Å². The van der Waals surface area contributed by atoms with Crippen molar-refractivity contribution in [2.45, 2.75) is 13.3 Å². The minimum atomic E-state index is -1.18. The van der Waals surface area contributed by atoms with Gasteiger partial charge in [0, 0.05) is 51.0 Å². The quantitative estimate of drug-likeness (QED) is 0.139. The van der Waals surface area contributed by atoms with Crippen LogP contribution in [0.25, 0.3) is 80.4 Å². The lowest BCUT2D eigenvalue weighted by Gasteiger charge is -2.17. The van der Waals surface area contributed by atoms with E-state index in [1.54, 1.807) is 29.6 Å². The first-order chi connectivity index (χ1) is 25.4. The van der Waals surface area contributed by atoms with E-state index in [1.807, 2.05) is 51.4 Å². The van der Waals surface area contributed by atoms with Crippen LogP contribution in [0.1, 0.15) is 22.9 Å². The normalized spacial score (nSPS) is 14.0. The molecule has 9 aromatic rings. The molecule has 12 heteroatoms. The summed E-state index contributed by atoms with van der Waals surface area (Å²) >= 11 is 10.7. The minimum absolute atomic E-state index is 0.197. The van der Waals surface area contributed by atoms with E-state index in [9.17, 15) is 15.2 Å². The van der Waals surface area contributed by atoms with Crippen LogP contribution >= 0.6 is 68.0 Å². The van der Waals surface area contributed by atoms with Gasteiger partial charge in [0.2, 0.25) is 0 Å². The van der Waals surface area contributed by atoms with Gasteiger partial charge in [-0.1, -0.05) is 36.4 Å². The highest BCUT2D eigenvalue weighted by atomic mass is 32.1. The van der Waals surface area contributed by atoms with E-state index in [0.29, 0.717) is 18.8 Å². The Hall–Kier alpha value is -4.74. The van der Waals surface area contributed by atoms with Crippen molar-refractivity contribution < 1.29 is 19.4 Å². The molecule has 1 aliphatic heterocycles. The largest absolute Gasteiger partial charge is 0.484 e. The second-order valence-corrected chi connectivity index (χ2v) is 19.0. The molecule has 0 spiro atoms. The number of carboxylic acids is 1. The van der Waals surface area contributed by atoms with Crippen molar-refractivity contribution in [2.24, 2.45) is 0 Å². The summed E-state index contributed by atoms with van der Waals surface area (Å²) in [7, 11) is 0. The number of fused-ring (bicyclic) bond motifs is 10. The number of para-hydroxylation sites is 2. The van der Waals surface area contributed by atoms with Crippen LogP contribution in [0.15, 0.2) is 78.4 Å². The van der Waals surface area contributed by atoms with Gasteiger partial charge >= 0.3 is 5.97 Å². The number of allylic oxidation sites excluding steroid dienone is 1. The number of aliphatic carboxylic acids is 1. The van der Waals surface area contributed by atoms with E-state index >= 15 is 0 Å². The number of ether oxygens (including phenoxy) is 2. The monoisotopic (exact) mass is 786 g/mol. The van der Waals surface area contributed by atoms with Crippen LogP contribution in [0.3, 0.4) is 0 Å². The Morgan fingerprint density at radius 1 is 0.731 bits per heavy atom. The molecule has 8 heterocycles. The molecule has 6 nitrogen and oxygen atoms in total. The number of nitrogens with zero attached hydrogens (tertiary/aromatic N) is 2. The molecule has 0 atom stereocenters. The third-order valence-corrected chi connectivity index (χ3v) is 17.7. The molecule has 0 fully saturated rings. The second-order valence-electron chi connectivity index (χ2n) is 12.7. The molecule has 7 aromatic heterocycles. The molecular formula is C40H22N2O4S6. The van der Waals surface area contributed by atoms with Crippen LogP contribution in [-0.2, 0) is 11.2 Å². The summed E-state index contributed by atoms with van der Waals surface area (Å²) in [5, 5.41) is 22.4. The number of aromatic nitrogens is 1. The van der Waals surface area contributed by atoms with E-state index in [0.717, 1.165) is 43.7 Å². The third kappa shape index (κ3) is 4.38. The van der Waals surface area contributed by atoms with E-state index in [4.69, 9.17) is 9.47 Å². The highest BCUT2D eigenvalue weighted by Gasteiger charge is 2.31. The summed E-state index contributed by atoms with van der Waals surface area (Å²) in [6, 6.07) is 28.0. The molecule has 1 N–H and O–H groups in total. The fourth-order valence-corrected chi connectivity index (χ4v) is 15.4. The number of thiophene rings is 6. The molecule has 0 saturated carbocycles. The lowest BCUT2D eigenvalue weighted by molar-refractivity contribution is -0.132. The molecule has 252 valence electrons. The van der Waals surface area contributed by atoms with Gasteiger partial charge in [-0.25, -0.2) is 4.79 Å². The predicted octanol–water partition coefficient (Wildman–Crippen LogP) is 12.5. The SMILES string of the molecule is C/C(=C(/C#N)C(=O)O)c1cc2c(s1)-c1sc(-c3cc4sc5cc(-c6sc(-n7c8ccccc8c8ccccc87)c7c6OCCO7)sc5c4s3)cc1C2. The number of benzene rings is 2. The standard InChI is InChI=1S/C40H22N2O4S6/c1-18(23(17-41)40(43)44)26-13-19-12-20-14-27(49-35(20)34(19)48-26)28-15-30-37(50-28)38-31(47-30)16-29(51-38)36-32-33(46-11-10-45-32)39(52-36)42-24-8-4-2-6-21(24)22-7-3-5-9-25(22)42/h2-9,13-16H,10-12H2,1H3,(H,43,44)/b23-18+. The molecule has 52 heavy (non-hydrogen) atoms. The molecule has 0 radical (unpaired) electrons. The Bertz CT molecular complexity index is 3020. The van der Waals surface area contributed by atoms with Gasteiger partial charge in [-0.05, 0) is 60.0 Å². The van der Waals surface area contributed by atoms with Crippen LogP contribution in [0.5, 0.6) is 11.5 Å². The van der Waals surface area contributed by atoms with Gasteiger partial charge in [0.15, 0.2) is 11.5 Å². The number of carboxylic acid groups (broad SMARTS) is 1. The Kier molecular flexibility index (Phi) is 6.75. The summed E-state index contributed by atoms with van der Waals surface area (Å²) in [4.78, 5) is 19.7. The lowest BCUT2D eigenvalue weighted by Crippen LogP contribution is -2.15. The fraction of sp³-hybridized carbons (Fsp3) is 0.100. The van der Waals surface area contributed by atoms with E-state index < -0.39 is 5.97 Å². The molecule has 0 unspecified atom stereocenters. The molecule has 11 rings (SSSR count). The van der Waals surface area contributed by atoms with Gasteiger partial charge in [0.05, 0.1) is 30.2 Å². The van der Waals surface area contributed by atoms with Crippen LogP contribution in [0.2, 0.25) is 0 Å². The smallest absolute Gasteiger partial charge is 0.346 e. The van der Waals surface area contributed by atoms with Gasteiger partial charge in [-0.15, -0.1) is 68.0 Å². The number of nitriles is 1. The summed E-state index contributed by atoms with van der Waals surface area (Å²) in [5.74, 6) is 0.480. The van der Waals surface area contributed by atoms with Crippen LogP contribution in [0.4, 0.5) is 0 Å². The first-order valence-corrected chi connectivity index (χ1v) is 21.3. The zero-order valence-corrected chi connectivity index (χ0v) is 32.0. The Labute approximate surface area is 319 Å². The topological polar surface area (TPSA) is 84.5 Å². The number of hydrogen-bond acceptors (Lipinski definition) is 10. The second kappa shape index (κ2) is 11.4. The predicted molar refractivity (Wildman–Crippen MR) is 219 cm³/mol. The first-order valence-electron chi connectivity index (χ1n) is 16.4. The van der Waals surface area contributed by atoms with Crippen molar-refractivity contribution in [1.82, 2.24) is 4.57 Å². The lowest BCUT2D eigenvalue weighted by atomic mass is 10.1. The third-order valence-electron chi connectivity index (χ3n) is 9.73. The highest BCUT2D eigenvalue weighted by Crippen LogP contribution is 2.57. The van der Waals surface area contributed by atoms with Crippen LogP contribution in [0, 0.1) is 11.3 Å². The number of hydrogen-bond donors (Lipinski definition) is 1. The van der Waals surface area contributed by atoms with Gasteiger partial charge < -0.3 is 14.6 Å². The van der Waals surface area contributed by atoms with Crippen LogP contribution in [-0.4, -0.2) is 28.9 Å². The molecular weight excluding hydrogens is 765 g/mol. The summed E-state index contributed by atoms with van der Waals surface area (Å²) in [5.41, 5.74) is 5.16. The van der Waals surface area contributed by atoms with Gasteiger partial charge in [-0.2, -0.15) is 5.26 Å². The van der Waals surface area contributed by atoms with Crippen molar-refractivity contribution >= 4 is 120 Å². The molecule has 1 aliphatic carbocycles. The maximum Gasteiger partial charge on any atom is 0.346 e. The maximum absolute atomic E-state index is 11.6. The highest BCUT2D eigenvalue weighted by molar-refractivity contribution is 7.41. The zero-order chi connectivity index (χ0) is 34.8. The van der Waals surface area contributed by atoms with Crippen molar-refractivity contribution in [1.29, 1.82) is 5.26 Å². The average molecular weight is 787 g/mol. The Morgan fingerprint density at radius 3 is 2.06 bits per heavy atom. The Balaban J connectivity index is 0.979. The molecule has 0 bridgehead atoms. The maximum atomic E-state index is 11.6. The van der Waals surface area contributed by atoms with E-state index in [1.165, 1.54) is 65.1 Å². The van der Waals surface area contributed by atoms with Gasteiger partial charge in [0.1, 0.15) is 29.9 Å². The van der Waals surface area contributed by atoms with Crippen LogP contribution < -0.4 is 9.47 Å². The molecule has 2 aromatic carbocycles. The van der Waals surface area contributed by atoms with Crippen molar-refractivity contribution in [3.8, 4) is 51.8 Å². The average Bonchev–Trinajstić information content (AvgIpc) is 4.00. The number of rotatable bonds is 5. The fourth-order valence-electron chi connectivity index (χ4n) is 7.39. The summed E-state index contributed by atoms with van der Waals surface area (Å²) < 4.78 is 20.3. The number of carbonyl (C=O) groups is 1.